The number of rotatable bonds is 2. The van der Waals surface area contributed by atoms with Crippen LogP contribution in [0, 0.1) is 17.8 Å². The van der Waals surface area contributed by atoms with Gasteiger partial charge in [-0.2, -0.15) is 0 Å². The molecule has 0 aromatic carbocycles. The topological polar surface area (TPSA) is 46.5 Å². The van der Waals surface area contributed by atoms with Crippen LogP contribution in [0.3, 0.4) is 0 Å². The first-order valence-corrected chi connectivity index (χ1v) is 6.23. The Labute approximate surface area is 95.5 Å². The zero-order valence-corrected chi connectivity index (χ0v) is 9.39. The Bertz CT molecular complexity index is 297. The van der Waals surface area contributed by atoms with Gasteiger partial charge in [-0.1, -0.05) is 0 Å². The molecule has 16 heavy (non-hydrogen) atoms. The van der Waals surface area contributed by atoms with Gasteiger partial charge in [0, 0.05) is 0 Å². The van der Waals surface area contributed by atoms with E-state index in [1.54, 1.807) is 0 Å². The molecular weight excluding hydrogens is 204 g/mol. The number of carbonyl (C=O) groups excluding carboxylic acids is 1. The maximum atomic E-state index is 11.5. The molecule has 0 aliphatic heterocycles. The summed E-state index contributed by atoms with van der Waals surface area (Å²) in [4.78, 5) is 11.5. The molecule has 0 amide bonds. The molecule has 4 fully saturated rings. The third kappa shape index (κ3) is 1.62. The van der Waals surface area contributed by atoms with E-state index in [1.165, 1.54) is 19.3 Å². The highest BCUT2D eigenvalue weighted by Crippen LogP contribution is 2.57. The van der Waals surface area contributed by atoms with E-state index >= 15 is 0 Å². The first-order chi connectivity index (χ1) is 7.69. The van der Waals surface area contributed by atoms with E-state index in [4.69, 9.17) is 9.84 Å². The molecule has 0 spiro atoms. The second kappa shape index (κ2) is 3.51. The van der Waals surface area contributed by atoms with Crippen molar-refractivity contribution in [3.63, 3.8) is 0 Å². The molecule has 0 radical (unpaired) electrons. The van der Waals surface area contributed by atoms with Crippen molar-refractivity contribution in [3.05, 3.63) is 12.3 Å². The standard InChI is InChI=1S/C13H18O3/c14-2-1-12(15)16-13-6-9-3-10(7-13)5-11(4-9)8-13/h1-2,9-11,14H,3-8H2. The summed E-state index contributed by atoms with van der Waals surface area (Å²) in [6.07, 6.45) is 9.03. The second-order valence-corrected chi connectivity index (χ2v) is 5.84. The molecule has 0 atom stereocenters. The Morgan fingerprint density at radius 2 is 1.62 bits per heavy atom. The number of aliphatic hydroxyl groups excluding tert-OH is 1. The van der Waals surface area contributed by atoms with Crippen molar-refractivity contribution >= 4 is 5.97 Å². The SMILES string of the molecule is O=C(C=CO)OC12CC3CC(CC(C3)C1)C2. The first kappa shape index (κ1) is 10.2. The van der Waals surface area contributed by atoms with E-state index in [2.05, 4.69) is 0 Å². The molecule has 0 heterocycles. The molecule has 4 bridgehead atoms. The van der Waals surface area contributed by atoms with Crippen molar-refractivity contribution in [1.82, 2.24) is 0 Å². The maximum absolute atomic E-state index is 11.5. The van der Waals surface area contributed by atoms with Crippen LogP contribution in [0.15, 0.2) is 12.3 Å². The van der Waals surface area contributed by atoms with Crippen molar-refractivity contribution in [2.24, 2.45) is 17.8 Å². The highest BCUT2D eigenvalue weighted by molar-refractivity contribution is 5.82. The molecule has 0 saturated heterocycles. The minimum absolute atomic E-state index is 0.189. The highest BCUT2D eigenvalue weighted by atomic mass is 16.6. The summed E-state index contributed by atoms with van der Waals surface area (Å²) < 4.78 is 5.61. The molecule has 4 aliphatic carbocycles. The smallest absolute Gasteiger partial charge is 0.334 e. The lowest BCUT2D eigenvalue weighted by Crippen LogP contribution is -2.52. The van der Waals surface area contributed by atoms with Crippen LogP contribution in [0.1, 0.15) is 38.5 Å². The van der Waals surface area contributed by atoms with Gasteiger partial charge in [-0.25, -0.2) is 4.79 Å². The summed E-state index contributed by atoms with van der Waals surface area (Å²) in [7, 11) is 0. The number of hydrogen-bond acceptors (Lipinski definition) is 3. The van der Waals surface area contributed by atoms with Crippen LogP contribution >= 0.6 is 0 Å². The lowest BCUT2D eigenvalue weighted by Gasteiger charge is -2.55. The summed E-state index contributed by atoms with van der Waals surface area (Å²) in [6, 6.07) is 0. The average Bonchev–Trinajstić information content (AvgIpc) is 2.13. The molecule has 0 aromatic rings. The predicted octanol–water partition coefficient (Wildman–Crippen LogP) is 2.57. The van der Waals surface area contributed by atoms with Crippen LogP contribution in [0.25, 0.3) is 0 Å². The van der Waals surface area contributed by atoms with Gasteiger partial charge in [0.05, 0.1) is 12.3 Å². The van der Waals surface area contributed by atoms with E-state index in [9.17, 15) is 4.79 Å². The van der Waals surface area contributed by atoms with Gasteiger partial charge in [-0.15, -0.1) is 0 Å². The van der Waals surface area contributed by atoms with Crippen LogP contribution < -0.4 is 0 Å². The third-order valence-electron chi connectivity index (χ3n) is 4.51. The van der Waals surface area contributed by atoms with Gasteiger partial charge in [-0.3, -0.25) is 0 Å². The Morgan fingerprint density at radius 3 is 2.06 bits per heavy atom. The van der Waals surface area contributed by atoms with Crippen molar-refractivity contribution in [1.29, 1.82) is 0 Å². The number of hydrogen-bond donors (Lipinski definition) is 1. The summed E-state index contributed by atoms with van der Waals surface area (Å²) in [6.45, 7) is 0. The number of carbonyl (C=O) groups is 1. The summed E-state index contributed by atoms with van der Waals surface area (Å²) >= 11 is 0. The first-order valence-electron chi connectivity index (χ1n) is 6.23. The van der Waals surface area contributed by atoms with Crippen molar-refractivity contribution in [3.8, 4) is 0 Å². The lowest BCUT2D eigenvalue weighted by atomic mass is 9.54. The fraction of sp³-hybridized carbons (Fsp3) is 0.769. The van der Waals surface area contributed by atoms with Gasteiger partial charge in [0.1, 0.15) is 5.60 Å². The molecular formula is C13H18O3. The van der Waals surface area contributed by atoms with Crippen LogP contribution in [0.5, 0.6) is 0 Å². The van der Waals surface area contributed by atoms with E-state index in [0.717, 1.165) is 49.4 Å². The van der Waals surface area contributed by atoms with Crippen molar-refractivity contribution in [2.75, 3.05) is 0 Å². The second-order valence-electron chi connectivity index (χ2n) is 5.84. The Balaban J connectivity index is 1.76. The van der Waals surface area contributed by atoms with Crippen molar-refractivity contribution in [2.45, 2.75) is 44.1 Å². The van der Waals surface area contributed by atoms with Crippen LogP contribution in [-0.4, -0.2) is 16.7 Å². The molecule has 4 aliphatic rings. The van der Waals surface area contributed by atoms with E-state index in [1.807, 2.05) is 0 Å². The quantitative estimate of drug-likeness (QED) is 0.444. The molecule has 4 saturated carbocycles. The summed E-state index contributed by atoms with van der Waals surface area (Å²) in [5.41, 5.74) is -0.189. The number of ether oxygens (including phenoxy) is 1. The minimum Gasteiger partial charge on any atom is -0.515 e. The Morgan fingerprint density at radius 1 is 1.12 bits per heavy atom. The summed E-state index contributed by atoms with van der Waals surface area (Å²) in [5, 5.41) is 8.57. The summed E-state index contributed by atoms with van der Waals surface area (Å²) in [5.74, 6) is 1.94. The van der Waals surface area contributed by atoms with E-state index < -0.39 is 0 Å². The number of aliphatic hydroxyl groups is 1. The molecule has 88 valence electrons. The fourth-order valence-electron chi connectivity index (χ4n) is 4.46. The Hall–Kier alpha value is -0.990. The van der Waals surface area contributed by atoms with E-state index in [0.29, 0.717) is 0 Å². The van der Waals surface area contributed by atoms with Gasteiger partial charge < -0.3 is 9.84 Å². The molecule has 1 N–H and O–H groups in total. The average molecular weight is 222 g/mol. The van der Waals surface area contributed by atoms with Crippen LogP contribution in [0.4, 0.5) is 0 Å². The minimum atomic E-state index is -0.385. The van der Waals surface area contributed by atoms with Crippen LogP contribution in [0.2, 0.25) is 0 Å². The monoisotopic (exact) mass is 222 g/mol. The molecule has 0 unspecified atom stereocenters. The van der Waals surface area contributed by atoms with Gasteiger partial charge in [0.2, 0.25) is 0 Å². The normalized spacial score (nSPS) is 45.1. The van der Waals surface area contributed by atoms with Crippen LogP contribution in [-0.2, 0) is 9.53 Å². The predicted molar refractivity (Wildman–Crippen MR) is 58.8 cm³/mol. The van der Waals surface area contributed by atoms with Gasteiger partial charge in [0.25, 0.3) is 0 Å². The number of esters is 1. The largest absolute Gasteiger partial charge is 0.515 e. The lowest BCUT2D eigenvalue weighted by molar-refractivity contribution is -0.181. The fourth-order valence-corrected chi connectivity index (χ4v) is 4.46. The third-order valence-corrected chi connectivity index (χ3v) is 4.51. The molecule has 4 rings (SSSR count). The van der Waals surface area contributed by atoms with Gasteiger partial charge in [0.15, 0.2) is 0 Å². The maximum Gasteiger partial charge on any atom is 0.334 e. The van der Waals surface area contributed by atoms with Gasteiger partial charge >= 0.3 is 5.97 Å². The molecule has 3 nitrogen and oxygen atoms in total. The van der Waals surface area contributed by atoms with Gasteiger partial charge in [-0.05, 0) is 56.3 Å². The van der Waals surface area contributed by atoms with Crippen molar-refractivity contribution < 1.29 is 14.6 Å². The molecule has 0 aromatic heterocycles. The molecule has 3 heteroatoms. The van der Waals surface area contributed by atoms with E-state index in [-0.39, 0.29) is 11.6 Å². The Kier molecular flexibility index (Phi) is 2.23. The zero-order valence-electron chi connectivity index (χ0n) is 9.39. The highest BCUT2D eigenvalue weighted by Gasteiger charge is 2.52. The zero-order chi connectivity index (χ0) is 11.2.